The molecule has 2 N–H and O–H groups in total. The lowest BCUT2D eigenvalue weighted by atomic mass is 9.81. The highest BCUT2D eigenvalue weighted by Crippen LogP contribution is 2.32. The van der Waals surface area contributed by atoms with Crippen LogP contribution >= 0.6 is 0 Å². The Kier molecular flexibility index (Phi) is 5.08. The Morgan fingerprint density at radius 1 is 0.944 bits per heavy atom. The van der Waals surface area contributed by atoms with Gasteiger partial charge in [-0.3, -0.25) is 0 Å². The van der Waals surface area contributed by atoms with Gasteiger partial charge in [0.05, 0.1) is 12.7 Å². The predicted molar refractivity (Wildman–Crippen MR) is 76.5 cm³/mol. The maximum atomic E-state index is 6.52. The van der Waals surface area contributed by atoms with Gasteiger partial charge in [0, 0.05) is 5.54 Å². The first-order chi connectivity index (χ1) is 8.57. The Morgan fingerprint density at radius 2 is 1.50 bits per heavy atom. The second kappa shape index (κ2) is 6.38. The SMILES string of the molecule is CC1CC(C)CC(OCC2(N)CCCCCC2)C1. The molecule has 0 saturated heterocycles. The first-order valence-corrected chi connectivity index (χ1v) is 7.98. The van der Waals surface area contributed by atoms with E-state index in [1.54, 1.807) is 0 Å². The van der Waals surface area contributed by atoms with Crippen LogP contribution in [0.25, 0.3) is 0 Å². The summed E-state index contributed by atoms with van der Waals surface area (Å²) in [4.78, 5) is 0. The van der Waals surface area contributed by atoms with Crippen LogP contribution in [0.2, 0.25) is 0 Å². The molecule has 2 aliphatic carbocycles. The molecule has 2 aliphatic rings. The summed E-state index contributed by atoms with van der Waals surface area (Å²) in [5.74, 6) is 1.64. The number of rotatable bonds is 3. The van der Waals surface area contributed by atoms with Gasteiger partial charge in [0.1, 0.15) is 0 Å². The summed E-state index contributed by atoms with van der Waals surface area (Å²) in [5, 5.41) is 0. The van der Waals surface area contributed by atoms with Gasteiger partial charge in [-0.25, -0.2) is 0 Å². The molecule has 2 nitrogen and oxygen atoms in total. The minimum atomic E-state index is -0.0274. The van der Waals surface area contributed by atoms with Crippen molar-refractivity contribution in [3.63, 3.8) is 0 Å². The molecule has 0 radical (unpaired) electrons. The zero-order chi connectivity index (χ0) is 13.0. The van der Waals surface area contributed by atoms with Gasteiger partial charge < -0.3 is 10.5 Å². The quantitative estimate of drug-likeness (QED) is 0.775. The van der Waals surface area contributed by atoms with Crippen molar-refractivity contribution in [3.8, 4) is 0 Å². The smallest absolute Gasteiger partial charge is 0.0649 e. The summed E-state index contributed by atoms with van der Waals surface area (Å²) in [5.41, 5.74) is 6.49. The Bertz CT molecular complexity index is 235. The Morgan fingerprint density at radius 3 is 2.06 bits per heavy atom. The minimum Gasteiger partial charge on any atom is -0.376 e. The van der Waals surface area contributed by atoms with Gasteiger partial charge in [-0.15, -0.1) is 0 Å². The molecule has 106 valence electrons. The average molecular weight is 253 g/mol. The molecule has 0 bridgehead atoms. The van der Waals surface area contributed by atoms with Crippen molar-refractivity contribution < 1.29 is 4.74 Å². The van der Waals surface area contributed by atoms with Crippen LogP contribution in [0.3, 0.4) is 0 Å². The topological polar surface area (TPSA) is 35.2 Å². The van der Waals surface area contributed by atoms with E-state index in [0.29, 0.717) is 6.10 Å². The van der Waals surface area contributed by atoms with Crippen molar-refractivity contribution in [2.24, 2.45) is 17.6 Å². The summed E-state index contributed by atoms with van der Waals surface area (Å²) in [6.07, 6.45) is 11.9. The molecule has 0 spiro atoms. The van der Waals surface area contributed by atoms with E-state index in [4.69, 9.17) is 10.5 Å². The summed E-state index contributed by atoms with van der Waals surface area (Å²) in [6, 6.07) is 0. The standard InChI is InChI=1S/C16H31NO/c1-13-9-14(2)11-15(10-13)18-12-16(17)7-5-3-4-6-8-16/h13-15H,3-12,17H2,1-2H3. The zero-order valence-electron chi connectivity index (χ0n) is 12.3. The van der Waals surface area contributed by atoms with Crippen LogP contribution in [0.5, 0.6) is 0 Å². The van der Waals surface area contributed by atoms with Gasteiger partial charge in [-0.1, -0.05) is 39.5 Å². The highest BCUT2D eigenvalue weighted by Gasteiger charge is 2.30. The van der Waals surface area contributed by atoms with Gasteiger partial charge in [0.25, 0.3) is 0 Å². The molecule has 0 aromatic carbocycles. The van der Waals surface area contributed by atoms with Gasteiger partial charge in [0.2, 0.25) is 0 Å². The Hall–Kier alpha value is -0.0800. The van der Waals surface area contributed by atoms with Crippen molar-refractivity contribution in [3.05, 3.63) is 0 Å². The fourth-order valence-electron chi connectivity index (χ4n) is 3.87. The first-order valence-electron chi connectivity index (χ1n) is 7.98. The molecule has 2 rings (SSSR count). The van der Waals surface area contributed by atoms with Crippen LogP contribution in [0.4, 0.5) is 0 Å². The van der Waals surface area contributed by atoms with Gasteiger partial charge >= 0.3 is 0 Å². The monoisotopic (exact) mass is 253 g/mol. The van der Waals surface area contributed by atoms with E-state index in [2.05, 4.69) is 13.8 Å². The lowest BCUT2D eigenvalue weighted by molar-refractivity contribution is -0.0247. The first kappa shape index (κ1) is 14.3. The molecule has 2 fully saturated rings. The molecule has 0 aromatic rings. The molecule has 0 amide bonds. The molecular formula is C16H31NO. The highest BCUT2D eigenvalue weighted by molar-refractivity contribution is 4.87. The summed E-state index contributed by atoms with van der Waals surface area (Å²) in [6.45, 7) is 5.50. The van der Waals surface area contributed by atoms with Gasteiger partial charge in [-0.05, 0) is 43.9 Å². The van der Waals surface area contributed by atoms with Crippen molar-refractivity contribution in [1.29, 1.82) is 0 Å². The normalized spacial score (nSPS) is 37.2. The lowest BCUT2D eigenvalue weighted by Gasteiger charge is -2.35. The summed E-state index contributed by atoms with van der Waals surface area (Å²) >= 11 is 0. The lowest BCUT2D eigenvalue weighted by Crippen LogP contribution is -2.45. The third kappa shape index (κ3) is 4.24. The fraction of sp³-hybridized carbons (Fsp3) is 1.00. The summed E-state index contributed by atoms with van der Waals surface area (Å²) < 4.78 is 6.20. The third-order valence-corrected chi connectivity index (χ3v) is 4.84. The zero-order valence-corrected chi connectivity index (χ0v) is 12.3. The summed E-state index contributed by atoms with van der Waals surface area (Å²) in [7, 11) is 0. The van der Waals surface area contributed by atoms with Crippen LogP contribution in [0.1, 0.15) is 71.6 Å². The van der Waals surface area contributed by atoms with Crippen molar-refractivity contribution in [2.45, 2.75) is 83.3 Å². The Balaban J connectivity index is 1.78. The van der Waals surface area contributed by atoms with E-state index in [1.807, 2.05) is 0 Å². The van der Waals surface area contributed by atoms with E-state index in [0.717, 1.165) is 31.3 Å². The molecule has 0 aliphatic heterocycles. The predicted octanol–water partition coefficient (Wildman–Crippen LogP) is 3.88. The molecule has 2 unspecified atom stereocenters. The van der Waals surface area contributed by atoms with E-state index < -0.39 is 0 Å². The van der Waals surface area contributed by atoms with Crippen LogP contribution in [-0.4, -0.2) is 18.2 Å². The number of hydrogen-bond donors (Lipinski definition) is 1. The Labute approximate surface area is 113 Å². The molecule has 0 heterocycles. The second-order valence-corrected chi connectivity index (χ2v) is 7.13. The number of hydrogen-bond acceptors (Lipinski definition) is 2. The number of ether oxygens (including phenoxy) is 1. The highest BCUT2D eigenvalue weighted by atomic mass is 16.5. The minimum absolute atomic E-state index is 0.0274. The number of nitrogens with two attached hydrogens (primary N) is 1. The van der Waals surface area contributed by atoms with E-state index in [-0.39, 0.29) is 5.54 Å². The van der Waals surface area contributed by atoms with Crippen molar-refractivity contribution in [2.75, 3.05) is 6.61 Å². The van der Waals surface area contributed by atoms with Crippen molar-refractivity contribution >= 4 is 0 Å². The van der Waals surface area contributed by atoms with Gasteiger partial charge in [0.15, 0.2) is 0 Å². The average Bonchev–Trinajstić information content (AvgIpc) is 2.51. The molecule has 18 heavy (non-hydrogen) atoms. The molecular weight excluding hydrogens is 222 g/mol. The molecule has 0 aromatic heterocycles. The maximum Gasteiger partial charge on any atom is 0.0649 e. The molecule has 2 heteroatoms. The molecule has 2 atom stereocenters. The maximum absolute atomic E-state index is 6.52. The molecule has 2 saturated carbocycles. The third-order valence-electron chi connectivity index (χ3n) is 4.84. The fourth-order valence-corrected chi connectivity index (χ4v) is 3.87. The van der Waals surface area contributed by atoms with Crippen molar-refractivity contribution in [1.82, 2.24) is 0 Å². The van der Waals surface area contributed by atoms with Crippen LogP contribution in [0.15, 0.2) is 0 Å². The second-order valence-electron chi connectivity index (χ2n) is 7.13. The van der Waals surface area contributed by atoms with Crippen LogP contribution < -0.4 is 5.73 Å². The van der Waals surface area contributed by atoms with Crippen LogP contribution in [0, 0.1) is 11.8 Å². The van der Waals surface area contributed by atoms with E-state index in [9.17, 15) is 0 Å². The van der Waals surface area contributed by atoms with Gasteiger partial charge in [-0.2, -0.15) is 0 Å². The largest absolute Gasteiger partial charge is 0.376 e. The van der Waals surface area contributed by atoms with E-state index in [1.165, 1.54) is 44.9 Å². The van der Waals surface area contributed by atoms with Crippen LogP contribution in [-0.2, 0) is 4.74 Å². The van der Waals surface area contributed by atoms with E-state index >= 15 is 0 Å².